The Hall–Kier alpha value is -2.18. The summed E-state index contributed by atoms with van der Waals surface area (Å²) in [7, 11) is 0. The predicted molar refractivity (Wildman–Crippen MR) is 67.8 cm³/mol. The van der Waals surface area contributed by atoms with E-state index in [-0.39, 0.29) is 16.9 Å². The zero-order valence-corrected chi connectivity index (χ0v) is 11.0. The van der Waals surface area contributed by atoms with E-state index in [1.54, 1.807) is 6.07 Å². The molecule has 0 unspecified atom stereocenters. The Morgan fingerprint density at radius 2 is 2.10 bits per heavy atom. The Bertz CT molecular complexity index is 660. The van der Waals surface area contributed by atoms with Gasteiger partial charge in [0.1, 0.15) is 18.2 Å². The first-order valence-electron chi connectivity index (χ1n) is 6.46. The summed E-state index contributed by atoms with van der Waals surface area (Å²) in [5.41, 5.74) is -0.402. The van der Waals surface area contributed by atoms with Crippen molar-refractivity contribution in [2.45, 2.75) is 31.0 Å². The number of rotatable bonds is 4. The Morgan fingerprint density at radius 1 is 1.33 bits per heavy atom. The molecule has 1 saturated carbocycles. The fraction of sp³-hybridized carbons (Fsp3) is 0.357. The van der Waals surface area contributed by atoms with Gasteiger partial charge in [-0.05, 0) is 24.5 Å². The highest BCUT2D eigenvalue weighted by atomic mass is 19.4. The summed E-state index contributed by atoms with van der Waals surface area (Å²) in [5, 5.41) is 3.98. The monoisotopic (exact) mass is 295 g/mol. The minimum absolute atomic E-state index is 0.0859. The van der Waals surface area contributed by atoms with Gasteiger partial charge in [-0.2, -0.15) is 18.3 Å². The molecule has 0 aliphatic heterocycles. The third-order valence-electron chi connectivity index (χ3n) is 3.60. The normalized spacial score (nSPS) is 16.7. The van der Waals surface area contributed by atoms with Crippen LogP contribution < -0.4 is 0 Å². The van der Waals surface area contributed by atoms with Crippen molar-refractivity contribution in [2.75, 3.05) is 0 Å². The number of alkyl halides is 3. The van der Waals surface area contributed by atoms with E-state index in [4.69, 9.17) is 0 Å². The van der Waals surface area contributed by atoms with E-state index >= 15 is 0 Å². The molecule has 3 rings (SSSR count). The molecule has 0 amide bonds. The van der Waals surface area contributed by atoms with Crippen molar-refractivity contribution >= 4 is 5.78 Å². The minimum Gasteiger partial charge on any atom is -0.291 e. The molecule has 4 nitrogen and oxygen atoms in total. The Labute approximate surface area is 118 Å². The maximum atomic E-state index is 12.6. The standard InChI is InChI=1S/C14H12F3N3O/c15-14(16,17)7-10-2-1-3-11(6-10)12(21)13(4-5-13)20-9-18-8-19-20/h1-3,6,8-9H,4-5,7H2. The summed E-state index contributed by atoms with van der Waals surface area (Å²) < 4.78 is 38.8. The van der Waals surface area contributed by atoms with Crippen LogP contribution in [0.25, 0.3) is 0 Å². The molecule has 1 aromatic heterocycles. The van der Waals surface area contributed by atoms with Crippen LogP contribution in [-0.4, -0.2) is 26.7 Å². The van der Waals surface area contributed by atoms with Crippen LogP contribution in [0, 0.1) is 0 Å². The number of Topliss-reactive ketones (excluding diaryl/α,β-unsaturated/α-hetero) is 1. The van der Waals surface area contributed by atoms with Gasteiger partial charge >= 0.3 is 6.18 Å². The first kappa shape index (κ1) is 13.8. The van der Waals surface area contributed by atoms with Crippen molar-refractivity contribution in [1.82, 2.24) is 14.8 Å². The molecule has 0 bridgehead atoms. The van der Waals surface area contributed by atoms with Gasteiger partial charge in [0.05, 0.1) is 6.42 Å². The van der Waals surface area contributed by atoms with E-state index in [1.807, 2.05) is 0 Å². The SMILES string of the molecule is O=C(c1cccc(CC(F)(F)F)c1)C1(n2cncn2)CC1. The van der Waals surface area contributed by atoms with Crippen LogP contribution in [0.15, 0.2) is 36.9 Å². The number of hydrogen-bond donors (Lipinski definition) is 0. The molecule has 7 heteroatoms. The van der Waals surface area contributed by atoms with E-state index < -0.39 is 18.1 Å². The largest absolute Gasteiger partial charge is 0.393 e. The van der Waals surface area contributed by atoms with Gasteiger partial charge in [0.15, 0.2) is 5.78 Å². The van der Waals surface area contributed by atoms with Gasteiger partial charge in [-0.25, -0.2) is 9.67 Å². The lowest BCUT2D eigenvalue weighted by Gasteiger charge is -2.15. The van der Waals surface area contributed by atoms with Crippen LogP contribution >= 0.6 is 0 Å². The molecule has 0 spiro atoms. The van der Waals surface area contributed by atoms with E-state index in [1.165, 1.54) is 35.5 Å². The highest BCUT2D eigenvalue weighted by Crippen LogP contribution is 2.45. The summed E-state index contributed by atoms with van der Waals surface area (Å²) in [4.78, 5) is 16.4. The van der Waals surface area contributed by atoms with E-state index in [0.717, 1.165) is 0 Å². The lowest BCUT2D eigenvalue weighted by Crippen LogP contribution is -2.28. The van der Waals surface area contributed by atoms with E-state index in [0.29, 0.717) is 12.8 Å². The van der Waals surface area contributed by atoms with Crippen LogP contribution in [0.2, 0.25) is 0 Å². The van der Waals surface area contributed by atoms with Gasteiger partial charge in [-0.3, -0.25) is 4.79 Å². The van der Waals surface area contributed by atoms with Crippen molar-refractivity contribution in [3.63, 3.8) is 0 Å². The average molecular weight is 295 g/mol. The van der Waals surface area contributed by atoms with Gasteiger partial charge in [0.25, 0.3) is 0 Å². The maximum Gasteiger partial charge on any atom is 0.393 e. The fourth-order valence-electron chi connectivity index (χ4n) is 2.43. The minimum atomic E-state index is -4.29. The Kier molecular flexibility index (Phi) is 3.07. The molecule has 2 aromatic rings. The zero-order chi connectivity index (χ0) is 15.1. The number of benzene rings is 1. The fourth-order valence-corrected chi connectivity index (χ4v) is 2.43. The molecule has 0 saturated heterocycles. The van der Waals surface area contributed by atoms with Crippen molar-refractivity contribution in [1.29, 1.82) is 0 Å². The zero-order valence-electron chi connectivity index (χ0n) is 11.0. The van der Waals surface area contributed by atoms with Crippen molar-refractivity contribution < 1.29 is 18.0 Å². The molecular formula is C14H12F3N3O. The molecule has 1 aliphatic carbocycles. The molecule has 110 valence electrons. The van der Waals surface area contributed by atoms with Crippen LogP contribution in [0.3, 0.4) is 0 Å². The summed E-state index contributed by atoms with van der Waals surface area (Å²) >= 11 is 0. The molecule has 0 radical (unpaired) electrons. The lowest BCUT2D eigenvalue weighted by atomic mass is 9.99. The molecule has 1 heterocycles. The second kappa shape index (κ2) is 4.68. The van der Waals surface area contributed by atoms with Gasteiger partial charge in [-0.1, -0.05) is 18.2 Å². The van der Waals surface area contributed by atoms with E-state index in [2.05, 4.69) is 10.1 Å². The second-order valence-electron chi connectivity index (χ2n) is 5.19. The number of halogens is 3. The molecule has 21 heavy (non-hydrogen) atoms. The van der Waals surface area contributed by atoms with Crippen LogP contribution in [0.1, 0.15) is 28.8 Å². The Balaban J connectivity index is 1.88. The quantitative estimate of drug-likeness (QED) is 0.815. The molecule has 0 atom stereocenters. The first-order valence-corrected chi connectivity index (χ1v) is 6.46. The molecule has 0 N–H and O–H groups in total. The van der Waals surface area contributed by atoms with Crippen LogP contribution in [0.5, 0.6) is 0 Å². The van der Waals surface area contributed by atoms with Gasteiger partial charge in [0, 0.05) is 5.56 Å². The third-order valence-corrected chi connectivity index (χ3v) is 3.60. The summed E-state index contributed by atoms with van der Waals surface area (Å²) in [6, 6.07) is 5.71. The van der Waals surface area contributed by atoms with Crippen molar-refractivity contribution in [2.24, 2.45) is 0 Å². The highest BCUT2D eigenvalue weighted by molar-refractivity contribution is 6.03. The maximum absolute atomic E-state index is 12.6. The third kappa shape index (κ3) is 2.68. The number of aromatic nitrogens is 3. The first-order chi connectivity index (χ1) is 9.91. The molecule has 1 aromatic carbocycles. The smallest absolute Gasteiger partial charge is 0.291 e. The number of hydrogen-bond acceptors (Lipinski definition) is 3. The highest BCUT2D eigenvalue weighted by Gasteiger charge is 2.52. The lowest BCUT2D eigenvalue weighted by molar-refractivity contribution is -0.127. The Morgan fingerprint density at radius 3 is 2.67 bits per heavy atom. The van der Waals surface area contributed by atoms with Crippen LogP contribution in [0.4, 0.5) is 13.2 Å². The number of nitrogens with zero attached hydrogens (tertiary/aromatic N) is 3. The average Bonchev–Trinajstić information content (AvgIpc) is 3.03. The second-order valence-corrected chi connectivity index (χ2v) is 5.19. The van der Waals surface area contributed by atoms with Gasteiger partial charge in [-0.15, -0.1) is 0 Å². The van der Waals surface area contributed by atoms with Crippen molar-refractivity contribution in [3.05, 3.63) is 48.0 Å². The number of carbonyl (C=O) groups is 1. The number of ketones is 1. The molecule has 1 fully saturated rings. The summed E-state index contributed by atoms with van der Waals surface area (Å²) in [6.07, 6.45) is -1.27. The van der Waals surface area contributed by atoms with Crippen molar-refractivity contribution in [3.8, 4) is 0 Å². The summed E-state index contributed by atoms with van der Waals surface area (Å²) in [5.74, 6) is -0.211. The molecular weight excluding hydrogens is 283 g/mol. The molecule has 1 aliphatic rings. The summed E-state index contributed by atoms with van der Waals surface area (Å²) in [6.45, 7) is 0. The van der Waals surface area contributed by atoms with E-state index in [9.17, 15) is 18.0 Å². The van der Waals surface area contributed by atoms with Gasteiger partial charge < -0.3 is 0 Å². The van der Waals surface area contributed by atoms with Crippen LogP contribution in [-0.2, 0) is 12.0 Å². The number of carbonyl (C=O) groups excluding carboxylic acids is 1. The predicted octanol–water partition coefficient (Wildman–Crippen LogP) is 2.75. The topological polar surface area (TPSA) is 47.8 Å². The van der Waals surface area contributed by atoms with Gasteiger partial charge in [0.2, 0.25) is 0 Å².